The molecule has 0 aliphatic carbocycles. The van der Waals surface area contributed by atoms with Gasteiger partial charge in [0, 0.05) is 18.8 Å². The van der Waals surface area contributed by atoms with Crippen molar-refractivity contribution in [3.05, 3.63) is 30.3 Å². The molecule has 110 valence electrons. The van der Waals surface area contributed by atoms with Gasteiger partial charge in [0.05, 0.1) is 12.5 Å². The summed E-state index contributed by atoms with van der Waals surface area (Å²) >= 11 is 0. The number of benzene rings is 1. The normalized spacial score (nSPS) is 19.8. The average molecular weight is 286 g/mol. The SMILES string of the molecule is O=C(CNc1ccccc1)N1CCCC(C(F)(F)F)C1. The van der Waals surface area contributed by atoms with Crippen LogP contribution in [0, 0.1) is 5.92 Å². The van der Waals surface area contributed by atoms with E-state index in [2.05, 4.69) is 5.32 Å². The van der Waals surface area contributed by atoms with Gasteiger partial charge in [0.1, 0.15) is 0 Å². The lowest BCUT2D eigenvalue weighted by Gasteiger charge is -2.33. The maximum absolute atomic E-state index is 12.7. The Kier molecular flexibility index (Phi) is 4.52. The van der Waals surface area contributed by atoms with Crippen molar-refractivity contribution in [2.45, 2.75) is 19.0 Å². The number of halogens is 3. The van der Waals surface area contributed by atoms with Crippen molar-refractivity contribution in [1.29, 1.82) is 0 Å². The molecule has 1 unspecified atom stereocenters. The third kappa shape index (κ3) is 3.88. The van der Waals surface area contributed by atoms with E-state index < -0.39 is 12.1 Å². The highest BCUT2D eigenvalue weighted by Crippen LogP contribution is 2.33. The molecule has 1 aromatic carbocycles. The molecule has 0 aromatic heterocycles. The third-order valence-electron chi connectivity index (χ3n) is 3.45. The molecule has 1 amide bonds. The molecule has 1 fully saturated rings. The van der Waals surface area contributed by atoms with Gasteiger partial charge >= 0.3 is 6.18 Å². The van der Waals surface area contributed by atoms with E-state index >= 15 is 0 Å². The first kappa shape index (κ1) is 14.7. The summed E-state index contributed by atoms with van der Waals surface area (Å²) in [6.45, 7) is 0.204. The highest BCUT2D eigenvalue weighted by atomic mass is 19.4. The molecule has 1 saturated heterocycles. The molecule has 1 aliphatic heterocycles. The van der Waals surface area contributed by atoms with E-state index in [0.29, 0.717) is 13.0 Å². The second-order valence-corrected chi connectivity index (χ2v) is 4.94. The number of piperidine rings is 1. The Morgan fingerprint density at radius 1 is 1.30 bits per heavy atom. The largest absolute Gasteiger partial charge is 0.393 e. The molecule has 20 heavy (non-hydrogen) atoms. The van der Waals surface area contributed by atoms with Gasteiger partial charge < -0.3 is 10.2 Å². The number of nitrogens with one attached hydrogen (secondary N) is 1. The Labute approximate surface area is 115 Å². The molecule has 6 heteroatoms. The highest BCUT2D eigenvalue weighted by molar-refractivity contribution is 5.81. The zero-order valence-corrected chi connectivity index (χ0v) is 11.0. The van der Waals surface area contributed by atoms with Gasteiger partial charge in [-0.2, -0.15) is 13.2 Å². The zero-order chi connectivity index (χ0) is 14.6. The smallest absolute Gasteiger partial charge is 0.376 e. The van der Waals surface area contributed by atoms with Crippen molar-refractivity contribution >= 4 is 11.6 Å². The number of likely N-dealkylation sites (tertiary alicyclic amines) is 1. The molecule has 0 spiro atoms. The van der Waals surface area contributed by atoms with E-state index in [9.17, 15) is 18.0 Å². The summed E-state index contributed by atoms with van der Waals surface area (Å²) in [5.41, 5.74) is 0.783. The molecule has 2 rings (SSSR count). The van der Waals surface area contributed by atoms with Crippen molar-refractivity contribution in [3.8, 4) is 0 Å². The van der Waals surface area contributed by atoms with Crippen molar-refractivity contribution in [2.24, 2.45) is 5.92 Å². The van der Waals surface area contributed by atoms with E-state index in [4.69, 9.17) is 0 Å². The standard InChI is InChI=1S/C14H17F3N2O/c15-14(16,17)11-5-4-8-19(10-11)13(20)9-18-12-6-2-1-3-7-12/h1-3,6-7,11,18H,4-5,8-10H2. The minimum Gasteiger partial charge on any atom is -0.376 e. The van der Waals surface area contributed by atoms with Gasteiger partial charge in [0.25, 0.3) is 0 Å². The molecule has 0 bridgehead atoms. The topological polar surface area (TPSA) is 32.3 Å². The second-order valence-electron chi connectivity index (χ2n) is 4.94. The number of nitrogens with zero attached hydrogens (tertiary/aromatic N) is 1. The Balaban J connectivity index is 1.86. The maximum atomic E-state index is 12.7. The lowest BCUT2D eigenvalue weighted by atomic mass is 9.97. The Morgan fingerprint density at radius 2 is 2.00 bits per heavy atom. The first-order valence-electron chi connectivity index (χ1n) is 6.60. The lowest BCUT2D eigenvalue weighted by Crippen LogP contribution is -2.46. The van der Waals surface area contributed by atoms with E-state index in [0.717, 1.165) is 5.69 Å². The second kappa shape index (κ2) is 6.15. The number of amides is 1. The average Bonchev–Trinajstić information content (AvgIpc) is 2.45. The number of carbonyl (C=O) groups excluding carboxylic acids is 1. The van der Waals surface area contributed by atoms with Crippen LogP contribution in [0.1, 0.15) is 12.8 Å². The lowest BCUT2D eigenvalue weighted by molar-refractivity contribution is -0.187. The summed E-state index contributed by atoms with van der Waals surface area (Å²) in [6.07, 6.45) is -3.70. The summed E-state index contributed by atoms with van der Waals surface area (Å²) in [5.74, 6) is -1.68. The molecule has 3 nitrogen and oxygen atoms in total. The Hall–Kier alpha value is -1.72. The fraction of sp³-hybridized carbons (Fsp3) is 0.500. The molecule has 1 aliphatic rings. The van der Waals surface area contributed by atoms with Crippen LogP contribution in [0.2, 0.25) is 0 Å². The fourth-order valence-corrected chi connectivity index (χ4v) is 2.32. The minimum atomic E-state index is -4.22. The van der Waals surface area contributed by atoms with Gasteiger partial charge in [-0.25, -0.2) is 0 Å². The predicted octanol–water partition coefficient (Wildman–Crippen LogP) is 2.90. The van der Waals surface area contributed by atoms with E-state index in [1.165, 1.54) is 4.90 Å². The van der Waals surface area contributed by atoms with Crippen LogP contribution in [0.4, 0.5) is 18.9 Å². The summed E-state index contributed by atoms with van der Waals surface area (Å²) in [7, 11) is 0. The van der Waals surface area contributed by atoms with Crippen molar-refractivity contribution in [3.63, 3.8) is 0 Å². The van der Waals surface area contributed by atoms with Gasteiger partial charge in [-0.3, -0.25) is 4.79 Å². The number of hydrogen-bond donors (Lipinski definition) is 1. The van der Waals surface area contributed by atoms with Gasteiger partial charge in [-0.1, -0.05) is 18.2 Å². The van der Waals surface area contributed by atoms with Crippen LogP contribution in [0.25, 0.3) is 0 Å². The monoisotopic (exact) mass is 286 g/mol. The quantitative estimate of drug-likeness (QED) is 0.926. The van der Waals surface area contributed by atoms with Crippen molar-refractivity contribution in [1.82, 2.24) is 4.90 Å². The van der Waals surface area contributed by atoms with Gasteiger partial charge in [-0.15, -0.1) is 0 Å². The van der Waals surface area contributed by atoms with Crippen LogP contribution >= 0.6 is 0 Å². The molecular weight excluding hydrogens is 269 g/mol. The molecule has 1 heterocycles. The Bertz CT molecular complexity index is 447. The number of para-hydroxylation sites is 1. The van der Waals surface area contributed by atoms with Crippen LogP contribution in [-0.2, 0) is 4.79 Å². The number of alkyl halides is 3. The van der Waals surface area contributed by atoms with Crippen LogP contribution < -0.4 is 5.32 Å². The van der Waals surface area contributed by atoms with Crippen LogP contribution in [0.5, 0.6) is 0 Å². The van der Waals surface area contributed by atoms with Crippen molar-refractivity contribution < 1.29 is 18.0 Å². The Morgan fingerprint density at radius 3 is 2.65 bits per heavy atom. The first-order valence-corrected chi connectivity index (χ1v) is 6.60. The number of hydrogen-bond acceptors (Lipinski definition) is 2. The van der Waals surface area contributed by atoms with E-state index in [-0.39, 0.29) is 25.4 Å². The summed E-state index contributed by atoms with van der Waals surface area (Å²) < 4.78 is 38.0. The molecule has 1 atom stereocenters. The molecule has 1 aromatic rings. The van der Waals surface area contributed by atoms with Crippen molar-refractivity contribution in [2.75, 3.05) is 25.0 Å². The third-order valence-corrected chi connectivity index (χ3v) is 3.45. The van der Waals surface area contributed by atoms with Gasteiger partial charge in [0.2, 0.25) is 5.91 Å². The first-order chi connectivity index (χ1) is 9.47. The molecule has 0 saturated carbocycles. The van der Waals surface area contributed by atoms with Gasteiger partial charge in [-0.05, 0) is 25.0 Å². The minimum absolute atomic E-state index is 0.0224. The van der Waals surface area contributed by atoms with Crippen LogP contribution in [0.3, 0.4) is 0 Å². The molecule has 0 radical (unpaired) electrons. The fourth-order valence-electron chi connectivity index (χ4n) is 2.32. The number of rotatable bonds is 3. The number of anilines is 1. The van der Waals surface area contributed by atoms with Crippen LogP contribution in [0.15, 0.2) is 30.3 Å². The predicted molar refractivity (Wildman–Crippen MR) is 70.3 cm³/mol. The summed E-state index contributed by atoms with van der Waals surface area (Å²) in [4.78, 5) is 13.2. The molecule has 1 N–H and O–H groups in total. The molecular formula is C14H17F3N2O. The van der Waals surface area contributed by atoms with Crippen LogP contribution in [-0.4, -0.2) is 36.6 Å². The van der Waals surface area contributed by atoms with E-state index in [1.54, 1.807) is 0 Å². The van der Waals surface area contributed by atoms with Gasteiger partial charge in [0.15, 0.2) is 0 Å². The van der Waals surface area contributed by atoms with E-state index in [1.807, 2.05) is 30.3 Å². The zero-order valence-electron chi connectivity index (χ0n) is 11.0. The number of carbonyl (C=O) groups is 1. The maximum Gasteiger partial charge on any atom is 0.393 e. The summed E-state index contributed by atoms with van der Waals surface area (Å²) in [6, 6.07) is 9.12. The summed E-state index contributed by atoms with van der Waals surface area (Å²) in [5, 5.41) is 2.92. The highest BCUT2D eigenvalue weighted by Gasteiger charge is 2.42.